The number of anilines is 2. The highest BCUT2D eigenvalue weighted by Crippen LogP contribution is 2.36. The molecule has 92 valence electrons. The lowest BCUT2D eigenvalue weighted by Crippen LogP contribution is -2.31. The van der Waals surface area contributed by atoms with Gasteiger partial charge in [-0.05, 0) is 31.0 Å². The minimum Gasteiger partial charge on any atom is -0.399 e. The molecule has 1 aromatic carbocycles. The molecule has 5 nitrogen and oxygen atoms in total. The van der Waals surface area contributed by atoms with E-state index in [1.807, 2.05) is 6.07 Å². The lowest BCUT2D eigenvalue weighted by molar-refractivity contribution is 0.585. The van der Waals surface area contributed by atoms with Crippen molar-refractivity contribution in [3.8, 4) is 0 Å². The summed E-state index contributed by atoms with van der Waals surface area (Å²) in [6.45, 7) is 1.17. The third-order valence-corrected chi connectivity index (χ3v) is 4.71. The number of nitrogens with two attached hydrogens (primary N) is 1. The molecule has 17 heavy (non-hydrogen) atoms. The molecular weight excluding hydrogens is 238 g/mol. The molecule has 6 heteroatoms. The molecule has 0 amide bonds. The monoisotopic (exact) mass is 253 g/mol. The molecule has 1 aliphatic heterocycles. The van der Waals surface area contributed by atoms with E-state index in [9.17, 15) is 8.42 Å². The van der Waals surface area contributed by atoms with Crippen molar-refractivity contribution in [3.05, 3.63) is 18.2 Å². The number of nitrogens with one attached hydrogen (secondary N) is 1. The lowest BCUT2D eigenvalue weighted by atomic mass is 10.2. The van der Waals surface area contributed by atoms with Gasteiger partial charge >= 0.3 is 0 Å². The van der Waals surface area contributed by atoms with Crippen molar-refractivity contribution in [2.45, 2.75) is 23.8 Å². The normalized spacial score (nSPS) is 22.9. The van der Waals surface area contributed by atoms with Crippen LogP contribution in [0.25, 0.3) is 0 Å². The Labute approximate surface area is 101 Å². The van der Waals surface area contributed by atoms with E-state index in [0.717, 1.165) is 25.1 Å². The van der Waals surface area contributed by atoms with Crippen molar-refractivity contribution < 1.29 is 8.42 Å². The Morgan fingerprint density at radius 3 is 2.82 bits per heavy atom. The van der Waals surface area contributed by atoms with E-state index >= 15 is 0 Å². The average molecular weight is 253 g/mol. The molecule has 2 aliphatic rings. The largest absolute Gasteiger partial charge is 0.399 e. The van der Waals surface area contributed by atoms with Crippen LogP contribution in [-0.2, 0) is 10.0 Å². The average Bonchev–Trinajstić information content (AvgIpc) is 3.08. The van der Waals surface area contributed by atoms with Gasteiger partial charge in [0.1, 0.15) is 4.90 Å². The van der Waals surface area contributed by atoms with E-state index in [4.69, 9.17) is 5.73 Å². The van der Waals surface area contributed by atoms with E-state index in [2.05, 4.69) is 9.62 Å². The Kier molecular flexibility index (Phi) is 2.31. The number of fused-ring (bicyclic) bond motifs is 1. The fraction of sp³-hybridized carbons (Fsp3) is 0.455. The molecule has 3 N–H and O–H groups in total. The third-order valence-electron chi connectivity index (χ3n) is 3.22. The molecule has 0 saturated heterocycles. The molecule has 1 aliphatic carbocycles. The maximum atomic E-state index is 12.0. The van der Waals surface area contributed by atoms with E-state index in [0.29, 0.717) is 23.2 Å². The number of hydrogen-bond donors (Lipinski definition) is 2. The van der Waals surface area contributed by atoms with Crippen LogP contribution in [0.1, 0.15) is 12.8 Å². The first kappa shape index (κ1) is 10.9. The summed E-state index contributed by atoms with van der Waals surface area (Å²) >= 11 is 0. The summed E-state index contributed by atoms with van der Waals surface area (Å²) in [7, 11) is -3.41. The summed E-state index contributed by atoms with van der Waals surface area (Å²) in [4.78, 5) is 2.48. The Hall–Kier alpha value is -1.27. The summed E-state index contributed by atoms with van der Waals surface area (Å²) in [5.74, 6) is 0. The van der Waals surface area contributed by atoms with Gasteiger partial charge in [-0.15, -0.1) is 0 Å². The number of sulfonamides is 1. The first-order chi connectivity index (χ1) is 8.08. The van der Waals surface area contributed by atoms with Gasteiger partial charge in [0.2, 0.25) is 10.0 Å². The van der Waals surface area contributed by atoms with Crippen LogP contribution in [-0.4, -0.2) is 27.5 Å². The second kappa shape index (κ2) is 3.61. The summed E-state index contributed by atoms with van der Waals surface area (Å²) < 4.78 is 26.7. The molecular formula is C11H15N3O2S. The standard InChI is InChI=1S/C11H15N3O2S/c12-8-1-4-10-11(7-8)17(15,16)13-5-6-14(10)9-2-3-9/h1,4,7,9,13H,2-3,5-6,12H2. The van der Waals surface area contributed by atoms with E-state index in [1.54, 1.807) is 12.1 Å². The number of hydrogen-bond acceptors (Lipinski definition) is 4. The van der Waals surface area contributed by atoms with Gasteiger partial charge in [0.25, 0.3) is 0 Å². The molecule has 1 heterocycles. The van der Waals surface area contributed by atoms with Crippen LogP contribution in [0.15, 0.2) is 23.1 Å². The maximum absolute atomic E-state index is 12.0. The zero-order valence-electron chi connectivity index (χ0n) is 9.39. The first-order valence-electron chi connectivity index (χ1n) is 5.74. The summed E-state index contributed by atoms with van der Waals surface area (Å²) in [6.07, 6.45) is 2.29. The highest BCUT2D eigenvalue weighted by molar-refractivity contribution is 7.89. The van der Waals surface area contributed by atoms with Crippen LogP contribution in [0.3, 0.4) is 0 Å². The van der Waals surface area contributed by atoms with Gasteiger partial charge in [-0.1, -0.05) is 0 Å². The van der Waals surface area contributed by atoms with Crippen LogP contribution in [0.4, 0.5) is 11.4 Å². The lowest BCUT2D eigenvalue weighted by Gasteiger charge is -2.23. The van der Waals surface area contributed by atoms with Crippen LogP contribution < -0.4 is 15.4 Å². The maximum Gasteiger partial charge on any atom is 0.242 e. The number of rotatable bonds is 1. The summed E-state index contributed by atoms with van der Waals surface area (Å²) in [5, 5.41) is 0. The molecule has 1 aromatic rings. The summed E-state index contributed by atoms with van der Waals surface area (Å²) in [5.41, 5.74) is 6.94. The van der Waals surface area contributed by atoms with Gasteiger partial charge < -0.3 is 10.6 Å². The van der Waals surface area contributed by atoms with Crippen LogP contribution >= 0.6 is 0 Å². The zero-order valence-corrected chi connectivity index (χ0v) is 10.2. The topological polar surface area (TPSA) is 75.4 Å². The minimum absolute atomic E-state index is 0.307. The first-order valence-corrected chi connectivity index (χ1v) is 7.22. The fourth-order valence-electron chi connectivity index (χ4n) is 2.25. The number of benzene rings is 1. The smallest absolute Gasteiger partial charge is 0.242 e. The van der Waals surface area contributed by atoms with Crippen molar-refractivity contribution in [1.82, 2.24) is 4.72 Å². The molecule has 0 spiro atoms. The van der Waals surface area contributed by atoms with Crippen molar-refractivity contribution in [2.24, 2.45) is 0 Å². The van der Waals surface area contributed by atoms with Crippen molar-refractivity contribution in [2.75, 3.05) is 23.7 Å². The molecule has 1 saturated carbocycles. The van der Waals surface area contributed by atoms with Crippen LogP contribution in [0, 0.1) is 0 Å². The van der Waals surface area contributed by atoms with Crippen molar-refractivity contribution >= 4 is 21.4 Å². The van der Waals surface area contributed by atoms with Gasteiger partial charge in [-0.3, -0.25) is 0 Å². The van der Waals surface area contributed by atoms with E-state index in [1.165, 1.54) is 0 Å². The van der Waals surface area contributed by atoms with Gasteiger partial charge in [0.05, 0.1) is 5.69 Å². The SMILES string of the molecule is Nc1ccc2c(c1)S(=O)(=O)NCCN2C1CC1. The molecule has 0 radical (unpaired) electrons. The van der Waals surface area contributed by atoms with Crippen LogP contribution in [0.2, 0.25) is 0 Å². The van der Waals surface area contributed by atoms with Gasteiger partial charge in [0, 0.05) is 24.8 Å². The van der Waals surface area contributed by atoms with E-state index < -0.39 is 10.0 Å². The molecule has 0 aromatic heterocycles. The highest BCUT2D eigenvalue weighted by atomic mass is 32.2. The van der Waals surface area contributed by atoms with Gasteiger partial charge in [0.15, 0.2) is 0 Å². The van der Waals surface area contributed by atoms with Crippen molar-refractivity contribution in [3.63, 3.8) is 0 Å². The molecule has 1 fully saturated rings. The third kappa shape index (κ3) is 1.87. The fourth-order valence-corrected chi connectivity index (χ4v) is 3.51. The highest BCUT2D eigenvalue weighted by Gasteiger charge is 2.34. The molecule has 0 atom stereocenters. The predicted octanol–water partition coefficient (Wildman–Crippen LogP) is 0.529. The minimum atomic E-state index is -3.41. The van der Waals surface area contributed by atoms with Gasteiger partial charge in [-0.2, -0.15) is 0 Å². The quantitative estimate of drug-likeness (QED) is 0.716. The molecule has 0 unspecified atom stereocenters. The Bertz CT molecular complexity index is 552. The second-order valence-electron chi connectivity index (χ2n) is 4.55. The second-order valence-corrected chi connectivity index (χ2v) is 6.28. The van der Waals surface area contributed by atoms with Crippen molar-refractivity contribution in [1.29, 1.82) is 0 Å². The Balaban J connectivity index is 2.17. The molecule has 3 rings (SSSR count). The van der Waals surface area contributed by atoms with E-state index in [-0.39, 0.29) is 0 Å². The number of nitrogen functional groups attached to an aromatic ring is 1. The summed E-state index contributed by atoms with van der Waals surface area (Å²) in [6, 6.07) is 5.61. The predicted molar refractivity (Wildman–Crippen MR) is 66.4 cm³/mol. The Morgan fingerprint density at radius 2 is 2.12 bits per heavy atom. The molecule has 0 bridgehead atoms. The zero-order chi connectivity index (χ0) is 12.0. The Morgan fingerprint density at radius 1 is 1.35 bits per heavy atom. The van der Waals surface area contributed by atoms with Crippen LogP contribution in [0.5, 0.6) is 0 Å². The van der Waals surface area contributed by atoms with Gasteiger partial charge in [-0.25, -0.2) is 13.1 Å². The number of nitrogens with zero attached hydrogens (tertiary/aromatic N) is 1.